The number of benzene rings is 4. The van der Waals surface area contributed by atoms with E-state index in [4.69, 9.17) is 0 Å². The summed E-state index contributed by atoms with van der Waals surface area (Å²) >= 11 is 3.64. The Hall–Kier alpha value is -3.60. The minimum absolute atomic E-state index is 0.143. The molecule has 0 unspecified atom stereocenters. The molecule has 6 aromatic rings. The van der Waals surface area contributed by atoms with Gasteiger partial charge in [-0.1, -0.05) is 144 Å². The molecule has 0 fully saturated rings. The highest BCUT2D eigenvalue weighted by atomic mass is 32.1. The zero-order valence-electron chi connectivity index (χ0n) is 30.6. The SMILES string of the molecule is CC(C)(C)c1cc(-c2c(-c3sc4ccccc4c3-c3cc(C(C)(C)C)c([O-])c(C(C)(C)C)c3)sc3ccccc23)cc(C(C)(C)C)c1[O-]. The Labute approximate surface area is 295 Å². The molecule has 2 nitrogen and oxygen atoms in total. The van der Waals surface area contributed by atoms with Gasteiger partial charge in [-0.2, -0.15) is 0 Å². The summed E-state index contributed by atoms with van der Waals surface area (Å²) < 4.78 is 2.43. The Bertz CT molecular complexity index is 1950. The van der Waals surface area contributed by atoms with Gasteiger partial charge in [0.1, 0.15) is 0 Å². The van der Waals surface area contributed by atoms with E-state index in [2.05, 4.69) is 156 Å². The number of thiophene rings is 2. The highest BCUT2D eigenvalue weighted by molar-refractivity contribution is 7.29. The highest BCUT2D eigenvalue weighted by Crippen LogP contribution is 2.55. The van der Waals surface area contributed by atoms with Gasteiger partial charge in [0.25, 0.3) is 0 Å². The van der Waals surface area contributed by atoms with Gasteiger partial charge >= 0.3 is 0 Å². The second-order valence-corrected chi connectivity index (χ2v) is 19.5. The van der Waals surface area contributed by atoms with Gasteiger partial charge in [0.15, 0.2) is 0 Å². The number of fused-ring (bicyclic) bond motifs is 2. The third-order valence-electron chi connectivity index (χ3n) is 9.38. The number of hydrogen-bond acceptors (Lipinski definition) is 4. The molecule has 4 heteroatoms. The summed E-state index contributed by atoms with van der Waals surface area (Å²) in [5.41, 5.74) is 6.65. The smallest absolute Gasteiger partial charge is 0.0540 e. The van der Waals surface area contributed by atoms with Crippen LogP contribution in [-0.4, -0.2) is 0 Å². The van der Waals surface area contributed by atoms with E-state index in [0.29, 0.717) is 0 Å². The Morgan fingerprint density at radius 3 is 0.958 bits per heavy atom. The molecule has 0 aliphatic rings. The first-order valence-electron chi connectivity index (χ1n) is 16.9. The fourth-order valence-corrected chi connectivity index (χ4v) is 9.35. The molecule has 48 heavy (non-hydrogen) atoms. The molecular weight excluding hydrogens is 625 g/mol. The molecule has 0 aliphatic heterocycles. The maximum Gasteiger partial charge on any atom is 0.0540 e. The van der Waals surface area contributed by atoms with Crippen molar-refractivity contribution in [3.63, 3.8) is 0 Å². The lowest BCUT2D eigenvalue weighted by Crippen LogP contribution is -2.21. The van der Waals surface area contributed by atoms with Crippen LogP contribution in [0.2, 0.25) is 0 Å². The van der Waals surface area contributed by atoms with Crippen LogP contribution in [0.15, 0.2) is 72.8 Å². The molecule has 0 atom stereocenters. The van der Waals surface area contributed by atoms with Crippen molar-refractivity contribution in [3.05, 3.63) is 95.1 Å². The van der Waals surface area contributed by atoms with Gasteiger partial charge in [-0.3, -0.25) is 0 Å². The third-order valence-corrected chi connectivity index (χ3v) is 11.9. The molecule has 0 spiro atoms. The Kier molecular flexibility index (Phi) is 8.20. The molecule has 0 aliphatic carbocycles. The summed E-state index contributed by atoms with van der Waals surface area (Å²) in [6, 6.07) is 25.9. The van der Waals surface area contributed by atoms with Gasteiger partial charge in [-0.05, 0) is 67.2 Å². The predicted octanol–water partition coefficient (Wildman–Crippen LogP) is 12.5. The topological polar surface area (TPSA) is 46.1 Å². The maximum absolute atomic E-state index is 14.0. The van der Waals surface area contributed by atoms with Gasteiger partial charge in [0.2, 0.25) is 0 Å². The summed E-state index contributed by atoms with van der Waals surface area (Å²) in [7, 11) is 0. The summed E-state index contributed by atoms with van der Waals surface area (Å²) in [5, 5.41) is 30.4. The quantitative estimate of drug-likeness (QED) is 0.188. The molecular formula is C44H48O2S2-2. The van der Waals surface area contributed by atoms with Crippen LogP contribution in [0.3, 0.4) is 0 Å². The Balaban J connectivity index is 1.77. The lowest BCUT2D eigenvalue weighted by atomic mass is 9.77. The van der Waals surface area contributed by atoms with Crippen LogP contribution < -0.4 is 10.2 Å². The first-order chi connectivity index (χ1) is 22.2. The van der Waals surface area contributed by atoms with E-state index in [0.717, 1.165) is 33.4 Å². The molecule has 2 heterocycles. The van der Waals surface area contributed by atoms with Crippen LogP contribution in [0.4, 0.5) is 0 Å². The molecule has 250 valence electrons. The largest absolute Gasteiger partial charge is 0.872 e. The molecule has 0 radical (unpaired) electrons. The Morgan fingerprint density at radius 1 is 0.417 bits per heavy atom. The van der Waals surface area contributed by atoms with Crippen molar-refractivity contribution in [2.45, 2.75) is 105 Å². The van der Waals surface area contributed by atoms with Crippen molar-refractivity contribution in [3.8, 4) is 43.5 Å². The average Bonchev–Trinajstić information content (AvgIpc) is 3.54. The second-order valence-electron chi connectivity index (χ2n) is 17.4. The molecule has 0 amide bonds. The fraction of sp³-hybridized carbons (Fsp3) is 0.364. The summed E-state index contributed by atoms with van der Waals surface area (Å²) in [6.45, 7) is 25.6. The van der Waals surface area contributed by atoms with Gasteiger partial charge in [0, 0.05) is 31.3 Å². The molecule has 6 rings (SSSR count). The predicted molar refractivity (Wildman–Crippen MR) is 207 cm³/mol. The zero-order chi connectivity index (χ0) is 35.1. The van der Waals surface area contributed by atoms with Gasteiger partial charge in [-0.15, -0.1) is 34.2 Å². The van der Waals surface area contributed by atoms with Crippen LogP contribution >= 0.6 is 22.7 Å². The minimum atomic E-state index is -0.311. The van der Waals surface area contributed by atoms with Crippen molar-refractivity contribution >= 4 is 42.8 Å². The zero-order valence-corrected chi connectivity index (χ0v) is 32.2. The van der Waals surface area contributed by atoms with Crippen LogP contribution in [0, 0.1) is 0 Å². The van der Waals surface area contributed by atoms with E-state index in [1.165, 1.54) is 41.1 Å². The van der Waals surface area contributed by atoms with Crippen molar-refractivity contribution in [2.75, 3.05) is 0 Å². The van der Waals surface area contributed by atoms with E-state index in [1.807, 2.05) is 22.7 Å². The van der Waals surface area contributed by atoms with Crippen LogP contribution in [0.5, 0.6) is 11.5 Å². The summed E-state index contributed by atoms with van der Waals surface area (Å²) in [4.78, 5) is 2.40. The normalized spacial score (nSPS) is 13.2. The second kappa shape index (κ2) is 11.5. The summed E-state index contributed by atoms with van der Waals surface area (Å²) in [6.07, 6.45) is 0. The number of rotatable bonds is 3. The van der Waals surface area contributed by atoms with Crippen LogP contribution in [-0.2, 0) is 21.7 Å². The maximum atomic E-state index is 14.0. The fourth-order valence-electron chi connectivity index (χ4n) is 6.76. The van der Waals surface area contributed by atoms with Gasteiger partial charge in [-0.25, -0.2) is 0 Å². The number of hydrogen-bond donors (Lipinski definition) is 0. The minimum Gasteiger partial charge on any atom is -0.872 e. The van der Waals surface area contributed by atoms with Crippen LogP contribution in [0.25, 0.3) is 52.2 Å². The van der Waals surface area contributed by atoms with E-state index < -0.39 is 0 Å². The molecule has 0 bridgehead atoms. The first-order valence-corrected chi connectivity index (χ1v) is 18.6. The third kappa shape index (κ3) is 5.96. The molecule has 0 N–H and O–H groups in total. The standard InChI is InChI=1S/C44H50O2S2/c1-41(2,3)29-21-25(22-30(37(29)45)42(4,5)6)35-27-17-13-15-19-33(27)47-39(35)40-36(28-18-14-16-20-34(28)48-40)26-23-31(43(7,8)9)38(46)32(24-26)44(10,11)12/h13-24,45-46H,1-12H3/p-2. The van der Waals surface area contributed by atoms with E-state index in [9.17, 15) is 10.2 Å². The monoisotopic (exact) mass is 672 g/mol. The first kappa shape index (κ1) is 34.3. The van der Waals surface area contributed by atoms with Gasteiger partial charge < -0.3 is 10.2 Å². The van der Waals surface area contributed by atoms with E-state index >= 15 is 0 Å². The summed E-state index contributed by atoms with van der Waals surface area (Å²) in [5.74, 6) is 0.286. The average molecular weight is 673 g/mol. The lowest BCUT2D eigenvalue weighted by molar-refractivity contribution is -0.272. The highest BCUT2D eigenvalue weighted by Gasteiger charge is 2.29. The van der Waals surface area contributed by atoms with Gasteiger partial charge in [0.05, 0.1) is 9.75 Å². The van der Waals surface area contributed by atoms with Crippen molar-refractivity contribution in [2.24, 2.45) is 0 Å². The van der Waals surface area contributed by atoms with E-state index in [1.54, 1.807) is 0 Å². The molecule has 4 aromatic carbocycles. The van der Waals surface area contributed by atoms with Crippen molar-refractivity contribution < 1.29 is 10.2 Å². The van der Waals surface area contributed by atoms with E-state index in [-0.39, 0.29) is 33.2 Å². The van der Waals surface area contributed by atoms with Crippen LogP contribution in [0.1, 0.15) is 105 Å². The lowest BCUT2D eigenvalue weighted by Gasteiger charge is -2.34. The molecule has 2 aromatic heterocycles. The molecule has 0 saturated heterocycles. The van der Waals surface area contributed by atoms with Crippen molar-refractivity contribution in [1.82, 2.24) is 0 Å². The Morgan fingerprint density at radius 2 is 0.688 bits per heavy atom. The molecule has 0 saturated carbocycles. The van der Waals surface area contributed by atoms with Crippen molar-refractivity contribution in [1.29, 1.82) is 0 Å².